The number of aromatic carboxylic acids is 1. The second-order valence-electron chi connectivity index (χ2n) is 4.95. The maximum atomic E-state index is 11.3. The molecule has 1 fully saturated rings. The van der Waals surface area contributed by atoms with Crippen molar-refractivity contribution in [3.05, 3.63) is 39.4 Å². The summed E-state index contributed by atoms with van der Waals surface area (Å²) in [5, 5.41) is 29.2. The van der Waals surface area contributed by atoms with Crippen molar-refractivity contribution in [2.75, 3.05) is 19.7 Å². The van der Waals surface area contributed by atoms with Crippen LogP contribution in [0, 0.1) is 16.0 Å². The molecule has 7 heteroatoms. The van der Waals surface area contributed by atoms with Crippen LogP contribution >= 0.6 is 0 Å². The summed E-state index contributed by atoms with van der Waals surface area (Å²) in [7, 11) is 0. The molecule has 2 N–H and O–H groups in total. The van der Waals surface area contributed by atoms with E-state index in [2.05, 4.69) is 0 Å². The molecule has 7 nitrogen and oxygen atoms in total. The number of carbonyl (C=O) groups is 1. The van der Waals surface area contributed by atoms with Crippen LogP contribution in [0.2, 0.25) is 0 Å². The Morgan fingerprint density at radius 3 is 2.80 bits per heavy atom. The van der Waals surface area contributed by atoms with Gasteiger partial charge in [-0.15, -0.1) is 0 Å². The van der Waals surface area contributed by atoms with Gasteiger partial charge in [0.25, 0.3) is 5.69 Å². The van der Waals surface area contributed by atoms with Gasteiger partial charge >= 0.3 is 5.97 Å². The third-order valence-electron chi connectivity index (χ3n) is 3.56. The highest BCUT2D eigenvalue weighted by atomic mass is 16.6. The maximum Gasteiger partial charge on any atom is 0.343 e. The molecule has 1 saturated heterocycles. The number of likely N-dealkylation sites (tertiary alicyclic amines) is 1. The molecule has 1 aliphatic heterocycles. The summed E-state index contributed by atoms with van der Waals surface area (Å²) < 4.78 is 0. The molecule has 1 aromatic carbocycles. The van der Waals surface area contributed by atoms with Crippen molar-refractivity contribution in [3.63, 3.8) is 0 Å². The lowest BCUT2D eigenvalue weighted by atomic mass is 10.0. The van der Waals surface area contributed by atoms with E-state index < -0.39 is 10.9 Å². The Balaban J connectivity index is 2.25. The van der Waals surface area contributed by atoms with Gasteiger partial charge in [0.2, 0.25) is 0 Å². The number of rotatable bonds is 5. The average molecular weight is 280 g/mol. The Bertz CT molecular complexity index is 531. The minimum Gasteiger partial charge on any atom is -0.477 e. The van der Waals surface area contributed by atoms with Crippen molar-refractivity contribution in [1.82, 2.24) is 4.90 Å². The summed E-state index contributed by atoms with van der Waals surface area (Å²) in [6.45, 7) is 1.89. The van der Waals surface area contributed by atoms with Crippen molar-refractivity contribution in [3.8, 4) is 0 Å². The fourth-order valence-electron chi connectivity index (χ4n) is 2.56. The molecule has 1 aromatic rings. The predicted molar refractivity (Wildman–Crippen MR) is 70.5 cm³/mol. The SMILES string of the molecule is O=C(O)c1c(CN2CCC(CO)C2)cccc1[N+](=O)[O-]. The molecule has 0 bridgehead atoms. The van der Waals surface area contributed by atoms with Gasteiger partial charge in [-0.2, -0.15) is 0 Å². The zero-order valence-electron chi connectivity index (χ0n) is 10.9. The minimum absolute atomic E-state index is 0.108. The summed E-state index contributed by atoms with van der Waals surface area (Å²) in [5.74, 6) is -1.09. The number of hydrogen-bond donors (Lipinski definition) is 2. The van der Waals surface area contributed by atoms with Crippen LogP contribution in [-0.2, 0) is 6.54 Å². The molecule has 0 spiro atoms. The lowest BCUT2D eigenvalue weighted by molar-refractivity contribution is -0.385. The predicted octanol–water partition coefficient (Wildman–Crippen LogP) is 1.11. The van der Waals surface area contributed by atoms with Crippen LogP contribution in [0.3, 0.4) is 0 Å². The number of hydrogen-bond acceptors (Lipinski definition) is 5. The van der Waals surface area contributed by atoms with E-state index in [1.165, 1.54) is 12.1 Å². The lowest BCUT2D eigenvalue weighted by Gasteiger charge is -2.16. The maximum absolute atomic E-state index is 11.3. The van der Waals surface area contributed by atoms with Gasteiger partial charge in [0, 0.05) is 25.8 Å². The number of aliphatic hydroxyl groups is 1. The molecule has 2 rings (SSSR count). The third kappa shape index (κ3) is 2.94. The van der Waals surface area contributed by atoms with Crippen molar-refractivity contribution >= 4 is 11.7 Å². The average Bonchev–Trinajstić information content (AvgIpc) is 2.85. The van der Waals surface area contributed by atoms with Gasteiger partial charge in [-0.3, -0.25) is 15.0 Å². The first kappa shape index (κ1) is 14.4. The lowest BCUT2D eigenvalue weighted by Crippen LogP contribution is -2.22. The first-order valence-corrected chi connectivity index (χ1v) is 6.35. The molecule has 1 heterocycles. The normalized spacial score (nSPS) is 19.1. The van der Waals surface area contributed by atoms with Gasteiger partial charge < -0.3 is 10.2 Å². The summed E-state index contributed by atoms with van der Waals surface area (Å²) in [6.07, 6.45) is 0.855. The van der Waals surface area contributed by atoms with Crippen molar-refractivity contribution in [2.24, 2.45) is 5.92 Å². The molecule has 20 heavy (non-hydrogen) atoms. The fourth-order valence-corrected chi connectivity index (χ4v) is 2.56. The largest absolute Gasteiger partial charge is 0.477 e. The Morgan fingerprint density at radius 2 is 2.25 bits per heavy atom. The first-order chi connectivity index (χ1) is 9.52. The van der Waals surface area contributed by atoms with E-state index in [-0.39, 0.29) is 23.8 Å². The number of nitrogens with zero attached hydrogens (tertiary/aromatic N) is 2. The van der Waals surface area contributed by atoms with Gasteiger partial charge in [-0.25, -0.2) is 4.79 Å². The smallest absolute Gasteiger partial charge is 0.343 e. The van der Waals surface area contributed by atoms with E-state index in [4.69, 9.17) is 5.11 Å². The van der Waals surface area contributed by atoms with Crippen LogP contribution in [0.15, 0.2) is 18.2 Å². The molecule has 1 unspecified atom stereocenters. The zero-order valence-corrected chi connectivity index (χ0v) is 10.9. The Hall–Kier alpha value is -1.99. The highest BCUT2D eigenvalue weighted by Crippen LogP contribution is 2.25. The molecular weight excluding hydrogens is 264 g/mol. The highest BCUT2D eigenvalue weighted by molar-refractivity contribution is 5.94. The van der Waals surface area contributed by atoms with Crippen molar-refractivity contribution in [1.29, 1.82) is 0 Å². The number of carboxylic acids is 1. The monoisotopic (exact) mass is 280 g/mol. The molecule has 0 amide bonds. The Kier molecular flexibility index (Phi) is 4.31. The topological polar surface area (TPSA) is 104 Å². The van der Waals surface area contributed by atoms with Crippen LogP contribution < -0.4 is 0 Å². The van der Waals surface area contributed by atoms with Crippen LogP contribution in [0.1, 0.15) is 22.3 Å². The van der Waals surface area contributed by atoms with E-state index in [1.54, 1.807) is 6.07 Å². The molecule has 1 aliphatic rings. The number of carboxylic acid groups (broad SMARTS) is 1. The molecule has 0 saturated carbocycles. The molecule has 108 valence electrons. The van der Waals surface area contributed by atoms with E-state index >= 15 is 0 Å². The van der Waals surface area contributed by atoms with Gasteiger partial charge in [-0.1, -0.05) is 12.1 Å². The van der Waals surface area contributed by atoms with E-state index in [0.717, 1.165) is 13.0 Å². The van der Waals surface area contributed by atoms with Crippen LogP contribution in [0.25, 0.3) is 0 Å². The number of aliphatic hydroxyl groups excluding tert-OH is 1. The Labute approximate surface area is 115 Å². The van der Waals surface area contributed by atoms with Gasteiger partial charge in [0.1, 0.15) is 5.56 Å². The quantitative estimate of drug-likeness (QED) is 0.618. The summed E-state index contributed by atoms with van der Waals surface area (Å²) >= 11 is 0. The number of benzene rings is 1. The van der Waals surface area contributed by atoms with Crippen LogP contribution in [-0.4, -0.2) is 45.7 Å². The van der Waals surface area contributed by atoms with Crippen molar-refractivity contribution in [2.45, 2.75) is 13.0 Å². The van der Waals surface area contributed by atoms with Gasteiger partial charge in [-0.05, 0) is 24.4 Å². The Morgan fingerprint density at radius 1 is 1.50 bits per heavy atom. The minimum atomic E-state index is -1.29. The number of nitro benzene ring substituents is 1. The van der Waals surface area contributed by atoms with E-state index in [9.17, 15) is 20.0 Å². The fraction of sp³-hybridized carbons (Fsp3) is 0.462. The summed E-state index contributed by atoms with van der Waals surface area (Å²) in [4.78, 5) is 23.5. The summed E-state index contributed by atoms with van der Waals surface area (Å²) in [5.41, 5.74) is -0.192. The second-order valence-corrected chi connectivity index (χ2v) is 4.95. The molecule has 1 atom stereocenters. The molecule has 0 radical (unpaired) electrons. The summed E-state index contributed by atoms with van der Waals surface area (Å²) in [6, 6.07) is 4.30. The van der Waals surface area contributed by atoms with E-state index in [1.807, 2.05) is 4.90 Å². The highest BCUT2D eigenvalue weighted by Gasteiger charge is 2.27. The standard InChI is InChI=1S/C13H16N2O5/c16-8-9-4-5-14(6-9)7-10-2-1-3-11(15(19)20)12(10)13(17)18/h1-3,9,16H,4-8H2,(H,17,18). The van der Waals surface area contributed by atoms with Crippen LogP contribution in [0.4, 0.5) is 5.69 Å². The third-order valence-corrected chi connectivity index (χ3v) is 3.56. The van der Waals surface area contributed by atoms with E-state index in [0.29, 0.717) is 18.7 Å². The molecule has 0 aromatic heterocycles. The van der Waals surface area contributed by atoms with Crippen LogP contribution in [0.5, 0.6) is 0 Å². The van der Waals surface area contributed by atoms with Gasteiger partial charge in [0.05, 0.1) is 4.92 Å². The molecule has 0 aliphatic carbocycles. The first-order valence-electron chi connectivity index (χ1n) is 6.35. The molecular formula is C13H16N2O5. The van der Waals surface area contributed by atoms with Crippen molar-refractivity contribution < 1.29 is 19.9 Å². The number of nitro groups is 1. The van der Waals surface area contributed by atoms with Gasteiger partial charge in [0.15, 0.2) is 0 Å². The second kappa shape index (κ2) is 5.98. The zero-order chi connectivity index (χ0) is 14.7.